The number of rotatable bonds is 4. The van der Waals surface area contributed by atoms with Crippen LogP contribution in [0.5, 0.6) is 0 Å². The van der Waals surface area contributed by atoms with E-state index in [0.717, 1.165) is 5.56 Å². The number of hydrogen-bond acceptors (Lipinski definition) is 3. The van der Waals surface area contributed by atoms with Crippen molar-refractivity contribution in [2.45, 2.75) is 45.3 Å². The summed E-state index contributed by atoms with van der Waals surface area (Å²) in [6.07, 6.45) is -0.132. The molecule has 0 bridgehead atoms. The van der Waals surface area contributed by atoms with Gasteiger partial charge in [-0.1, -0.05) is 23.7 Å². The third-order valence-corrected chi connectivity index (χ3v) is 2.55. The zero-order valence-electron chi connectivity index (χ0n) is 10.9. The lowest BCUT2D eigenvalue weighted by Crippen LogP contribution is -2.24. The number of esters is 1. The molecule has 0 spiro atoms. The van der Waals surface area contributed by atoms with Gasteiger partial charge in [0.05, 0.1) is 6.10 Å². The predicted octanol–water partition coefficient (Wildman–Crippen LogP) is 3.50. The molecule has 0 heterocycles. The van der Waals surface area contributed by atoms with E-state index in [2.05, 4.69) is 0 Å². The Kier molecular flexibility index (Phi) is 5.17. The number of ether oxygens (including phenoxy) is 1. The summed E-state index contributed by atoms with van der Waals surface area (Å²) in [5.41, 5.74) is 0.269. The van der Waals surface area contributed by atoms with Crippen molar-refractivity contribution >= 4 is 17.6 Å². The average Bonchev–Trinajstić information content (AvgIpc) is 2.24. The Morgan fingerprint density at radius 1 is 1.33 bits per heavy atom. The first-order chi connectivity index (χ1) is 8.28. The molecule has 1 unspecified atom stereocenters. The van der Waals surface area contributed by atoms with E-state index in [0.29, 0.717) is 11.4 Å². The highest BCUT2D eigenvalue weighted by molar-refractivity contribution is 6.30. The molecule has 18 heavy (non-hydrogen) atoms. The first-order valence-corrected chi connectivity index (χ1v) is 6.31. The lowest BCUT2D eigenvalue weighted by Gasteiger charge is -2.20. The molecule has 1 aromatic carbocycles. The monoisotopic (exact) mass is 270 g/mol. The van der Waals surface area contributed by atoms with Crippen molar-refractivity contribution in [2.75, 3.05) is 0 Å². The Labute approximate surface area is 113 Å². The van der Waals surface area contributed by atoms with Crippen molar-refractivity contribution in [3.63, 3.8) is 0 Å². The summed E-state index contributed by atoms with van der Waals surface area (Å²) in [4.78, 5) is 11.5. The average molecular weight is 271 g/mol. The van der Waals surface area contributed by atoms with E-state index in [1.54, 1.807) is 24.3 Å². The lowest BCUT2D eigenvalue weighted by atomic mass is 10.1. The van der Waals surface area contributed by atoms with Crippen LogP contribution < -0.4 is 0 Å². The Morgan fingerprint density at radius 2 is 1.89 bits per heavy atom. The van der Waals surface area contributed by atoms with E-state index in [4.69, 9.17) is 16.3 Å². The van der Waals surface area contributed by atoms with Crippen molar-refractivity contribution in [1.29, 1.82) is 0 Å². The summed E-state index contributed by atoms with van der Waals surface area (Å²) < 4.78 is 5.17. The smallest absolute Gasteiger partial charge is 0.306 e. The van der Waals surface area contributed by atoms with E-state index in [-0.39, 0.29) is 12.4 Å². The van der Waals surface area contributed by atoms with Gasteiger partial charge in [-0.05, 0) is 44.9 Å². The maximum atomic E-state index is 11.5. The van der Waals surface area contributed by atoms with Gasteiger partial charge in [0.15, 0.2) is 0 Å². The van der Waals surface area contributed by atoms with Gasteiger partial charge < -0.3 is 9.84 Å². The fourth-order valence-corrected chi connectivity index (χ4v) is 1.62. The molecule has 0 radical (unpaired) electrons. The SMILES string of the molecule is CC(C)(C)OC(=O)CCC(O)c1ccc(Cl)cc1. The molecule has 0 aliphatic heterocycles. The normalized spacial score (nSPS) is 13.2. The van der Waals surface area contributed by atoms with Gasteiger partial charge in [0.25, 0.3) is 0 Å². The van der Waals surface area contributed by atoms with Gasteiger partial charge in [-0.15, -0.1) is 0 Å². The third kappa shape index (κ3) is 5.52. The Hall–Kier alpha value is -1.06. The summed E-state index contributed by atoms with van der Waals surface area (Å²) in [7, 11) is 0. The number of benzene rings is 1. The standard InChI is InChI=1S/C14H19ClO3/c1-14(2,3)18-13(17)9-8-12(16)10-4-6-11(15)7-5-10/h4-7,12,16H,8-9H2,1-3H3. The number of halogens is 1. The first-order valence-electron chi connectivity index (χ1n) is 5.93. The Bertz CT molecular complexity index is 392. The number of aliphatic hydroxyl groups is 1. The molecule has 1 aromatic rings. The molecule has 3 nitrogen and oxygen atoms in total. The zero-order chi connectivity index (χ0) is 13.8. The topological polar surface area (TPSA) is 46.5 Å². The lowest BCUT2D eigenvalue weighted by molar-refractivity contribution is -0.155. The molecule has 1 rings (SSSR count). The number of aliphatic hydroxyl groups excluding tert-OH is 1. The van der Waals surface area contributed by atoms with E-state index in [9.17, 15) is 9.90 Å². The molecular weight excluding hydrogens is 252 g/mol. The molecule has 0 saturated heterocycles. The zero-order valence-corrected chi connectivity index (χ0v) is 11.7. The van der Waals surface area contributed by atoms with Crippen LogP contribution >= 0.6 is 11.6 Å². The van der Waals surface area contributed by atoms with E-state index in [1.165, 1.54) is 0 Å². The molecule has 0 aliphatic rings. The third-order valence-electron chi connectivity index (χ3n) is 2.30. The summed E-state index contributed by atoms with van der Waals surface area (Å²) in [6.45, 7) is 5.46. The van der Waals surface area contributed by atoms with Crippen LogP contribution in [0, 0.1) is 0 Å². The molecule has 4 heteroatoms. The Morgan fingerprint density at radius 3 is 2.39 bits per heavy atom. The van der Waals surface area contributed by atoms with Crippen molar-refractivity contribution in [3.8, 4) is 0 Å². The van der Waals surface area contributed by atoms with E-state index < -0.39 is 11.7 Å². The van der Waals surface area contributed by atoms with Crippen LogP contribution in [0.3, 0.4) is 0 Å². The van der Waals surface area contributed by atoms with Gasteiger partial charge in [-0.2, -0.15) is 0 Å². The van der Waals surface area contributed by atoms with Gasteiger partial charge in [-0.25, -0.2) is 0 Å². The minimum Gasteiger partial charge on any atom is -0.460 e. The molecule has 0 aliphatic carbocycles. The molecule has 0 fully saturated rings. The first kappa shape index (κ1) is 15.0. The van der Waals surface area contributed by atoms with Crippen LogP contribution in [0.2, 0.25) is 5.02 Å². The van der Waals surface area contributed by atoms with Crippen molar-refractivity contribution < 1.29 is 14.6 Å². The summed E-state index contributed by atoms with van der Waals surface area (Å²) in [6, 6.07) is 6.94. The molecule has 1 atom stereocenters. The predicted molar refractivity (Wildman–Crippen MR) is 71.5 cm³/mol. The van der Waals surface area contributed by atoms with E-state index >= 15 is 0 Å². The summed E-state index contributed by atoms with van der Waals surface area (Å²) in [5, 5.41) is 10.5. The van der Waals surface area contributed by atoms with Gasteiger partial charge in [0, 0.05) is 11.4 Å². The maximum absolute atomic E-state index is 11.5. The van der Waals surface area contributed by atoms with Crippen LogP contribution in [-0.4, -0.2) is 16.7 Å². The van der Waals surface area contributed by atoms with Gasteiger partial charge in [-0.3, -0.25) is 4.79 Å². The van der Waals surface area contributed by atoms with Crippen molar-refractivity contribution in [2.24, 2.45) is 0 Å². The minimum atomic E-state index is -0.671. The van der Waals surface area contributed by atoms with Gasteiger partial charge in [0.1, 0.15) is 5.60 Å². The maximum Gasteiger partial charge on any atom is 0.306 e. The molecule has 0 aromatic heterocycles. The van der Waals surface area contributed by atoms with Gasteiger partial charge in [0.2, 0.25) is 0 Å². The highest BCUT2D eigenvalue weighted by Gasteiger charge is 2.17. The minimum absolute atomic E-state index is 0.195. The van der Waals surface area contributed by atoms with Crippen LogP contribution in [0.1, 0.15) is 45.3 Å². The molecule has 1 N–H and O–H groups in total. The highest BCUT2D eigenvalue weighted by atomic mass is 35.5. The number of hydrogen-bond donors (Lipinski definition) is 1. The van der Waals surface area contributed by atoms with Gasteiger partial charge >= 0.3 is 5.97 Å². The fraction of sp³-hybridized carbons (Fsp3) is 0.500. The number of carbonyl (C=O) groups excluding carboxylic acids is 1. The van der Waals surface area contributed by atoms with Crippen molar-refractivity contribution in [1.82, 2.24) is 0 Å². The second-order valence-electron chi connectivity index (χ2n) is 5.19. The second-order valence-corrected chi connectivity index (χ2v) is 5.63. The molecular formula is C14H19ClO3. The van der Waals surface area contributed by atoms with Crippen LogP contribution in [0.25, 0.3) is 0 Å². The summed E-state index contributed by atoms with van der Waals surface area (Å²) >= 11 is 5.76. The summed E-state index contributed by atoms with van der Waals surface area (Å²) in [5.74, 6) is -0.296. The van der Waals surface area contributed by atoms with Crippen LogP contribution in [0.4, 0.5) is 0 Å². The Balaban J connectivity index is 2.44. The second kappa shape index (κ2) is 6.21. The molecule has 0 amide bonds. The van der Waals surface area contributed by atoms with Crippen LogP contribution in [-0.2, 0) is 9.53 Å². The van der Waals surface area contributed by atoms with Crippen molar-refractivity contribution in [3.05, 3.63) is 34.9 Å². The largest absolute Gasteiger partial charge is 0.460 e. The highest BCUT2D eigenvalue weighted by Crippen LogP contribution is 2.21. The molecule has 100 valence electrons. The molecule has 0 saturated carbocycles. The number of carbonyl (C=O) groups is 1. The quantitative estimate of drug-likeness (QED) is 0.852. The van der Waals surface area contributed by atoms with E-state index in [1.807, 2.05) is 20.8 Å². The van der Waals surface area contributed by atoms with Crippen LogP contribution in [0.15, 0.2) is 24.3 Å². The fourth-order valence-electron chi connectivity index (χ4n) is 1.50.